The van der Waals surface area contributed by atoms with Crippen LogP contribution < -0.4 is 5.32 Å². The lowest BCUT2D eigenvalue weighted by Crippen LogP contribution is -2.42. The summed E-state index contributed by atoms with van der Waals surface area (Å²) < 4.78 is 27.7. The third kappa shape index (κ3) is 4.59. The molecule has 1 aliphatic heterocycles. The van der Waals surface area contributed by atoms with E-state index in [0.717, 1.165) is 31.2 Å². The van der Waals surface area contributed by atoms with Gasteiger partial charge in [-0.2, -0.15) is 4.31 Å². The molecule has 2 heterocycles. The second-order valence-electron chi connectivity index (χ2n) is 7.02. The smallest absolute Gasteiger partial charge is 0.251 e. The Morgan fingerprint density at radius 3 is 2.81 bits per heavy atom. The van der Waals surface area contributed by atoms with E-state index in [2.05, 4.69) is 5.32 Å². The van der Waals surface area contributed by atoms with Gasteiger partial charge in [0.2, 0.25) is 10.0 Å². The lowest BCUT2D eigenvalue weighted by molar-refractivity contribution is 0.0953. The van der Waals surface area contributed by atoms with E-state index < -0.39 is 10.0 Å². The fourth-order valence-electron chi connectivity index (χ4n) is 3.42. The highest BCUT2D eigenvalue weighted by molar-refractivity contribution is 7.89. The highest BCUT2D eigenvalue weighted by Gasteiger charge is 2.31. The average Bonchev–Trinajstić information content (AvgIpc) is 3.15. The van der Waals surface area contributed by atoms with Gasteiger partial charge < -0.3 is 5.32 Å². The molecule has 0 aliphatic carbocycles. The van der Waals surface area contributed by atoms with Crippen LogP contribution in [0.25, 0.3) is 0 Å². The van der Waals surface area contributed by atoms with Crippen molar-refractivity contribution in [3.05, 3.63) is 51.7 Å². The van der Waals surface area contributed by atoms with Crippen molar-refractivity contribution in [3.63, 3.8) is 0 Å². The highest BCUT2D eigenvalue weighted by Crippen LogP contribution is 2.26. The number of nitrogens with zero attached hydrogens (tertiary/aromatic N) is 1. The van der Waals surface area contributed by atoms with Crippen molar-refractivity contribution in [1.29, 1.82) is 0 Å². The van der Waals surface area contributed by atoms with Crippen molar-refractivity contribution in [2.45, 2.75) is 50.5 Å². The van der Waals surface area contributed by atoms with Crippen LogP contribution in [0.2, 0.25) is 0 Å². The summed E-state index contributed by atoms with van der Waals surface area (Å²) in [6, 6.07) is 8.86. The highest BCUT2D eigenvalue weighted by atomic mass is 32.2. The molecule has 1 amide bonds. The molecule has 1 fully saturated rings. The second kappa shape index (κ2) is 8.54. The molecule has 27 heavy (non-hydrogen) atoms. The first-order valence-corrected chi connectivity index (χ1v) is 11.6. The fraction of sp³-hybridized carbons (Fsp3) is 0.450. The molecular formula is C20H26N2O3S2. The maximum Gasteiger partial charge on any atom is 0.251 e. The first-order chi connectivity index (χ1) is 12.9. The molecule has 1 aromatic heterocycles. The molecule has 1 aliphatic rings. The van der Waals surface area contributed by atoms with Crippen LogP contribution in [0.15, 0.2) is 40.6 Å². The van der Waals surface area contributed by atoms with E-state index >= 15 is 0 Å². The SMILES string of the molecule is Cc1ccc(S(=O)(=O)N2CCCCC2C)cc1C(=O)NCCc1cccs1. The number of sulfonamides is 1. The quantitative estimate of drug-likeness (QED) is 0.797. The van der Waals surface area contributed by atoms with Gasteiger partial charge in [0.25, 0.3) is 5.91 Å². The summed E-state index contributed by atoms with van der Waals surface area (Å²) in [7, 11) is -3.58. The zero-order valence-electron chi connectivity index (χ0n) is 15.8. The lowest BCUT2D eigenvalue weighted by atomic mass is 10.1. The summed E-state index contributed by atoms with van der Waals surface area (Å²) in [6.07, 6.45) is 3.58. The molecule has 0 radical (unpaired) electrons. The molecule has 0 bridgehead atoms. The summed E-state index contributed by atoms with van der Waals surface area (Å²) in [4.78, 5) is 14.0. The lowest BCUT2D eigenvalue weighted by Gasteiger charge is -2.32. The van der Waals surface area contributed by atoms with Gasteiger partial charge in [0.05, 0.1) is 4.90 Å². The Bertz CT molecular complexity index is 892. The number of rotatable bonds is 6. The normalized spacial score (nSPS) is 18.4. The Morgan fingerprint density at radius 2 is 2.11 bits per heavy atom. The molecule has 146 valence electrons. The number of piperidine rings is 1. The van der Waals surface area contributed by atoms with E-state index in [4.69, 9.17) is 0 Å². The number of thiophene rings is 1. The van der Waals surface area contributed by atoms with Crippen molar-refractivity contribution in [2.75, 3.05) is 13.1 Å². The molecule has 1 unspecified atom stereocenters. The molecule has 2 aromatic rings. The van der Waals surface area contributed by atoms with Gasteiger partial charge in [0, 0.05) is 29.6 Å². The molecule has 3 rings (SSSR count). The minimum Gasteiger partial charge on any atom is -0.352 e. The van der Waals surface area contributed by atoms with E-state index in [1.165, 1.54) is 10.9 Å². The molecule has 1 N–H and O–H groups in total. The Hall–Kier alpha value is -1.70. The van der Waals surface area contributed by atoms with Crippen LogP contribution in [0.4, 0.5) is 0 Å². The molecule has 7 heteroatoms. The number of carbonyl (C=O) groups is 1. The third-order valence-electron chi connectivity index (χ3n) is 5.04. The summed E-state index contributed by atoms with van der Waals surface area (Å²) in [6.45, 7) is 4.84. The Balaban J connectivity index is 1.76. The molecule has 0 spiro atoms. The van der Waals surface area contributed by atoms with Crippen LogP contribution >= 0.6 is 11.3 Å². The number of hydrogen-bond donors (Lipinski definition) is 1. The third-order valence-corrected chi connectivity index (χ3v) is 7.99. The number of carbonyl (C=O) groups excluding carboxylic acids is 1. The van der Waals surface area contributed by atoms with Crippen LogP contribution in [0, 0.1) is 6.92 Å². The van der Waals surface area contributed by atoms with Crippen LogP contribution in [0.5, 0.6) is 0 Å². The van der Waals surface area contributed by atoms with Crippen LogP contribution in [0.1, 0.15) is 47.0 Å². The Morgan fingerprint density at radius 1 is 1.30 bits per heavy atom. The number of benzene rings is 1. The van der Waals surface area contributed by atoms with E-state index in [9.17, 15) is 13.2 Å². The van der Waals surface area contributed by atoms with E-state index in [1.54, 1.807) is 27.8 Å². The first-order valence-electron chi connectivity index (χ1n) is 9.32. The first kappa shape index (κ1) is 20.0. The van der Waals surface area contributed by atoms with Gasteiger partial charge in [-0.15, -0.1) is 11.3 Å². The molecule has 1 atom stereocenters. The molecule has 0 saturated carbocycles. The molecule has 1 saturated heterocycles. The molecule has 1 aromatic carbocycles. The largest absolute Gasteiger partial charge is 0.352 e. The van der Waals surface area contributed by atoms with E-state index in [0.29, 0.717) is 18.7 Å². The van der Waals surface area contributed by atoms with Gasteiger partial charge >= 0.3 is 0 Å². The van der Waals surface area contributed by atoms with Crippen molar-refractivity contribution < 1.29 is 13.2 Å². The summed E-state index contributed by atoms with van der Waals surface area (Å²) in [5, 5.41) is 4.92. The standard InChI is InChI=1S/C20H26N2O3S2/c1-15-8-9-18(27(24,25)22-12-4-3-6-16(22)2)14-19(15)20(23)21-11-10-17-7-5-13-26-17/h5,7-9,13-14,16H,3-4,6,10-12H2,1-2H3,(H,21,23). The topological polar surface area (TPSA) is 66.5 Å². The maximum atomic E-state index is 13.0. The van der Waals surface area contributed by atoms with Gasteiger partial charge in [-0.05, 0) is 62.3 Å². The summed E-state index contributed by atoms with van der Waals surface area (Å²) in [5.74, 6) is -0.229. The number of amides is 1. The minimum absolute atomic E-state index is 0.00637. The van der Waals surface area contributed by atoms with Gasteiger partial charge in [-0.25, -0.2) is 8.42 Å². The Kier molecular flexibility index (Phi) is 6.34. The molecular weight excluding hydrogens is 380 g/mol. The van der Waals surface area contributed by atoms with E-state index in [-0.39, 0.29) is 16.8 Å². The second-order valence-corrected chi connectivity index (χ2v) is 9.95. The van der Waals surface area contributed by atoms with Crippen molar-refractivity contribution in [2.24, 2.45) is 0 Å². The minimum atomic E-state index is -3.58. The molecule has 5 nitrogen and oxygen atoms in total. The predicted molar refractivity (Wildman–Crippen MR) is 109 cm³/mol. The van der Waals surface area contributed by atoms with Crippen molar-refractivity contribution in [1.82, 2.24) is 9.62 Å². The number of hydrogen-bond acceptors (Lipinski definition) is 4. The van der Waals surface area contributed by atoms with Crippen LogP contribution in [-0.2, 0) is 16.4 Å². The van der Waals surface area contributed by atoms with Crippen molar-refractivity contribution in [3.8, 4) is 0 Å². The number of nitrogens with one attached hydrogen (secondary N) is 1. The summed E-state index contributed by atoms with van der Waals surface area (Å²) in [5.41, 5.74) is 1.20. The van der Waals surface area contributed by atoms with E-state index in [1.807, 2.05) is 31.4 Å². The number of aryl methyl sites for hydroxylation is 1. The van der Waals surface area contributed by atoms with Crippen LogP contribution in [-0.4, -0.2) is 37.8 Å². The summed E-state index contributed by atoms with van der Waals surface area (Å²) >= 11 is 1.66. The van der Waals surface area contributed by atoms with Gasteiger partial charge in [-0.1, -0.05) is 18.6 Å². The van der Waals surface area contributed by atoms with Gasteiger partial charge in [0.1, 0.15) is 0 Å². The van der Waals surface area contributed by atoms with Gasteiger partial charge in [-0.3, -0.25) is 4.79 Å². The van der Waals surface area contributed by atoms with Gasteiger partial charge in [0.15, 0.2) is 0 Å². The fourth-order valence-corrected chi connectivity index (χ4v) is 5.85. The maximum absolute atomic E-state index is 13.0. The monoisotopic (exact) mass is 406 g/mol. The average molecular weight is 407 g/mol. The zero-order valence-corrected chi connectivity index (χ0v) is 17.4. The zero-order chi connectivity index (χ0) is 19.4. The predicted octanol–water partition coefficient (Wildman–Crippen LogP) is 3.59. The van der Waals surface area contributed by atoms with Crippen molar-refractivity contribution >= 4 is 27.3 Å². The Labute approximate surface area is 165 Å². The van der Waals surface area contributed by atoms with Crippen LogP contribution in [0.3, 0.4) is 0 Å².